The molecule has 0 aromatic heterocycles. The second-order valence-electron chi connectivity index (χ2n) is 7.22. The highest BCUT2D eigenvalue weighted by atomic mass is 16.5. The van der Waals surface area contributed by atoms with E-state index in [0.29, 0.717) is 6.04 Å². The SMILES string of the molecule is CC1CCCC(OC(C)C(=O)NC2CCCCCCC2)C1. The third kappa shape index (κ3) is 5.98. The molecule has 0 saturated heterocycles. The number of rotatable bonds is 4. The van der Waals surface area contributed by atoms with Crippen LogP contribution < -0.4 is 5.32 Å². The van der Waals surface area contributed by atoms with E-state index < -0.39 is 0 Å². The Labute approximate surface area is 130 Å². The average Bonchev–Trinajstić information content (AvgIpc) is 2.41. The predicted molar refractivity (Wildman–Crippen MR) is 86.2 cm³/mol. The molecule has 3 atom stereocenters. The molecule has 3 heteroatoms. The van der Waals surface area contributed by atoms with Crippen molar-refractivity contribution in [2.75, 3.05) is 0 Å². The summed E-state index contributed by atoms with van der Waals surface area (Å²) in [5.41, 5.74) is 0. The zero-order chi connectivity index (χ0) is 15.1. The molecule has 2 rings (SSSR count). The lowest BCUT2D eigenvalue weighted by Crippen LogP contribution is -2.43. The van der Waals surface area contributed by atoms with Crippen LogP contribution in [-0.4, -0.2) is 24.2 Å². The molecule has 3 nitrogen and oxygen atoms in total. The predicted octanol–water partition coefficient (Wildman–Crippen LogP) is 4.20. The van der Waals surface area contributed by atoms with Crippen molar-refractivity contribution in [2.24, 2.45) is 5.92 Å². The average molecular weight is 295 g/mol. The van der Waals surface area contributed by atoms with Crippen molar-refractivity contribution in [2.45, 2.75) is 103 Å². The second-order valence-corrected chi connectivity index (χ2v) is 7.22. The zero-order valence-electron chi connectivity index (χ0n) is 13.9. The minimum Gasteiger partial charge on any atom is -0.365 e. The van der Waals surface area contributed by atoms with Crippen molar-refractivity contribution in [3.05, 3.63) is 0 Å². The van der Waals surface area contributed by atoms with Gasteiger partial charge in [-0.2, -0.15) is 0 Å². The molecule has 21 heavy (non-hydrogen) atoms. The number of amides is 1. The van der Waals surface area contributed by atoms with Crippen LogP contribution in [0.2, 0.25) is 0 Å². The highest BCUT2D eigenvalue weighted by Crippen LogP contribution is 2.26. The maximum Gasteiger partial charge on any atom is 0.249 e. The smallest absolute Gasteiger partial charge is 0.249 e. The second kappa shape index (κ2) is 8.77. The lowest BCUT2D eigenvalue weighted by molar-refractivity contribution is -0.138. The van der Waals surface area contributed by atoms with E-state index in [4.69, 9.17) is 4.74 Å². The van der Waals surface area contributed by atoms with Gasteiger partial charge in [0.2, 0.25) is 5.91 Å². The van der Waals surface area contributed by atoms with Crippen molar-refractivity contribution in [3.63, 3.8) is 0 Å². The fraction of sp³-hybridized carbons (Fsp3) is 0.944. The van der Waals surface area contributed by atoms with Gasteiger partial charge in [-0.25, -0.2) is 0 Å². The minimum atomic E-state index is -0.300. The first-order valence-corrected chi connectivity index (χ1v) is 9.11. The molecule has 0 radical (unpaired) electrons. The molecule has 0 heterocycles. The van der Waals surface area contributed by atoms with E-state index in [1.54, 1.807) is 0 Å². The van der Waals surface area contributed by atoms with Crippen LogP contribution in [-0.2, 0) is 9.53 Å². The van der Waals surface area contributed by atoms with Crippen LogP contribution in [0.4, 0.5) is 0 Å². The largest absolute Gasteiger partial charge is 0.365 e. The van der Waals surface area contributed by atoms with Gasteiger partial charge in [0.25, 0.3) is 0 Å². The number of carbonyl (C=O) groups is 1. The van der Waals surface area contributed by atoms with Crippen LogP contribution in [0.1, 0.15) is 84.5 Å². The Balaban J connectivity index is 1.73. The van der Waals surface area contributed by atoms with E-state index in [1.165, 1.54) is 44.9 Å². The highest BCUT2D eigenvalue weighted by Gasteiger charge is 2.25. The van der Waals surface area contributed by atoms with E-state index in [-0.39, 0.29) is 18.1 Å². The number of hydrogen-bond donors (Lipinski definition) is 1. The third-order valence-electron chi connectivity index (χ3n) is 5.11. The van der Waals surface area contributed by atoms with Crippen LogP contribution in [0.25, 0.3) is 0 Å². The van der Waals surface area contributed by atoms with Gasteiger partial charge < -0.3 is 10.1 Å². The summed E-state index contributed by atoms with van der Waals surface area (Å²) in [6, 6.07) is 0.370. The Morgan fingerprint density at radius 3 is 2.33 bits per heavy atom. The van der Waals surface area contributed by atoms with E-state index in [0.717, 1.165) is 31.6 Å². The van der Waals surface area contributed by atoms with Gasteiger partial charge >= 0.3 is 0 Å². The molecule has 122 valence electrons. The standard InChI is InChI=1S/C18H33NO2/c1-14-9-8-12-17(13-14)21-15(2)18(20)19-16-10-6-4-3-5-7-11-16/h14-17H,3-13H2,1-2H3,(H,19,20). The molecule has 1 amide bonds. The van der Waals surface area contributed by atoms with Gasteiger partial charge in [-0.1, -0.05) is 51.9 Å². The van der Waals surface area contributed by atoms with Crippen molar-refractivity contribution in [1.29, 1.82) is 0 Å². The van der Waals surface area contributed by atoms with Crippen LogP contribution in [0.15, 0.2) is 0 Å². The first kappa shape index (κ1) is 16.8. The molecule has 0 spiro atoms. The number of carbonyl (C=O) groups excluding carboxylic acids is 1. The summed E-state index contributed by atoms with van der Waals surface area (Å²) in [4.78, 5) is 12.3. The van der Waals surface area contributed by atoms with Gasteiger partial charge in [0.15, 0.2) is 0 Å². The van der Waals surface area contributed by atoms with Crippen molar-refractivity contribution < 1.29 is 9.53 Å². The fourth-order valence-electron chi connectivity index (χ4n) is 3.77. The first-order valence-electron chi connectivity index (χ1n) is 9.11. The fourth-order valence-corrected chi connectivity index (χ4v) is 3.77. The van der Waals surface area contributed by atoms with Gasteiger partial charge in [-0.15, -0.1) is 0 Å². The Kier molecular flexibility index (Phi) is 7.01. The number of ether oxygens (including phenoxy) is 1. The van der Waals surface area contributed by atoms with E-state index in [1.807, 2.05) is 6.92 Å². The lowest BCUT2D eigenvalue weighted by Gasteiger charge is -2.30. The summed E-state index contributed by atoms with van der Waals surface area (Å²) in [6.45, 7) is 4.20. The normalized spacial score (nSPS) is 30.2. The summed E-state index contributed by atoms with van der Waals surface area (Å²) in [5.74, 6) is 0.836. The molecule has 2 saturated carbocycles. The Bertz CT molecular complexity index is 310. The summed E-state index contributed by atoms with van der Waals surface area (Å²) < 4.78 is 6.01. The first-order chi connectivity index (χ1) is 10.1. The molecule has 0 bridgehead atoms. The van der Waals surface area contributed by atoms with Crippen LogP contribution in [0.3, 0.4) is 0 Å². The molecule has 0 aromatic rings. The topological polar surface area (TPSA) is 38.3 Å². The third-order valence-corrected chi connectivity index (χ3v) is 5.11. The summed E-state index contributed by atoms with van der Waals surface area (Å²) in [7, 11) is 0. The molecule has 0 aromatic carbocycles. The van der Waals surface area contributed by atoms with E-state index >= 15 is 0 Å². The van der Waals surface area contributed by atoms with Crippen LogP contribution in [0, 0.1) is 5.92 Å². The van der Waals surface area contributed by atoms with E-state index in [9.17, 15) is 4.79 Å². The molecule has 2 aliphatic rings. The monoisotopic (exact) mass is 295 g/mol. The molecule has 3 unspecified atom stereocenters. The van der Waals surface area contributed by atoms with Gasteiger partial charge in [0.1, 0.15) is 6.10 Å². The maximum atomic E-state index is 12.3. The van der Waals surface area contributed by atoms with Gasteiger partial charge in [-0.05, 0) is 38.5 Å². The Morgan fingerprint density at radius 2 is 1.67 bits per heavy atom. The van der Waals surface area contributed by atoms with Gasteiger partial charge in [0, 0.05) is 6.04 Å². The molecular formula is C18H33NO2. The van der Waals surface area contributed by atoms with Crippen LogP contribution >= 0.6 is 0 Å². The quantitative estimate of drug-likeness (QED) is 0.844. The lowest BCUT2D eigenvalue weighted by atomic mass is 9.88. The molecule has 2 fully saturated rings. The van der Waals surface area contributed by atoms with E-state index in [2.05, 4.69) is 12.2 Å². The van der Waals surface area contributed by atoms with Gasteiger partial charge in [-0.3, -0.25) is 4.79 Å². The zero-order valence-corrected chi connectivity index (χ0v) is 13.9. The van der Waals surface area contributed by atoms with Crippen molar-refractivity contribution >= 4 is 5.91 Å². The molecular weight excluding hydrogens is 262 g/mol. The van der Waals surface area contributed by atoms with Gasteiger partial charge in [0.05, 0.1) is 6.10 Å². The Morgan fingerprint density at radius 1 is 1.00 bits per heavy atom. The number of nitrogens with one attached hydrogen (secondary N) is 1. The van der Waals surface area contributed by atoms with Crippen molar-refractivity contribution in [3.8, 4) is 0 Å². The summed E-state index contributed by atoms with van der Waals surface area (Å²) in [6.07, 6.45) is 13.5. The summed E-state index contributed by atoms with van der Waals surface area (Å²) in [5, 5.41) is 3.22. The molecule has 2 aliphatic carbocycles. The minimum absolute atomic E-state index is 0.0961. The number of hydrogen-bond acceptors (Lipinski definition) is 2. The molecule has 0 aliphatic heterocycles. The summed E-state index contributed by atoms with van der Waals surface area (Å²) >= 11 is 0. The Hall–Kier alpha value is -0.570. The van der Waals surface area contributed by atoms with Crippen LogP contribution in [0.5, 0.6) is 0 Å². The highest BCUT2D eigenvalue weighted by molar-refractivity contribution is 5.80. The maximum absolute atomic E-state index is 12.3. The molecule has 1 N–H and O–H groups in total. The van der Waals surface area contributed by atoms with Crippen molar-refractivity contribution in [1.82, 2.24) is 5.32 Å².